The highest BCUT2D eigenvalue weighted by Crippen LogP contribution is 2.25. The Bertz CT molecular complexity index is 610. The quantitative estimate of drug-likeness (QED) is 0.851. The van der Waals surface area contributed by atoms with Crippen molar-refractivity contribution in [1.29, 1.82) is 0 Å². The molecule has 20 heavy (non-hydrogen) atoms. The predicted molar refractivity (Wildman–Crippen MR) is 70.8 cm³/mol. The van der Waals surface area contributed by atoms with Crippen molar-refractivity contribution in [2.24, 2.45) is 0 Å². The van der Waals surface area contributed by atoms with Gasteiger partial charge in [-0.25, -0.2) is 4.39 Å². The summed E-state index contributed by atoms with van der Waals surface area (Å²) in [6.07, 6.45) is 0. The lowest BCUT2D eigenvalue weighted by Gasteiger charge is -2.05. The fourth-order valence-corrected chi connectivity index (χ4v) is 1.83. The zero-order chi connectivity index (χ0) is 14.5. The molecule has 6 heteroatoms. The molecule has 0 fully saturated rings. The Morgan fingerprint density at radius 2 is 2.30 bits per heavy atom. The van der Waals surface area contributed by atoms with Crippen LogP contribution in [0.5, 0.6) is 0 Å². The van der Waals surface area contributed by atoms with E-state index in [2.05, 4.69) is 10.5 Å². The molecule has 0 aliphatic carbocycles. The summed E-state index contributed by atoms with van der Waals surface area (Å²) in [5, 5.41) is 6.54. The van der Waals surface area contributed by atoms with E-state index in [1.807, 2.05) is 0 Å². The second-order valence-electron chi connectivity index (χ2n) is 4.22. The van der Waals surface area contributed by atoms with E-state index in [0.717, 1.165) is 0 Å². The average Bonchev–Trinajstić information content (AvgIpc) is 2.81. The molecule has 106 valence electrons. The maximum atomic E-state index is 13.3. The smallest absolute Gasteiger partial charge is 0.257 e. The fourth-order valence-electron chi connectivity index (χ4n) is 1.83. The molecular formula is C14H15FN2O3. The molecule has 2 aromatic rings. The molecule has 0 saturated heterocycles. The monoisotopic (exact) mass is 278 g/mol. The fraction of sp³-hybridized carbons (Fsp3) is 0.286. The highest BCUT2D eigenvalue weighted by Gasteiger charge is 2.21. The molecule has 1 amide bonds. The van der Waals surface area contributed by atoms with Crippen molar-refractivity contribution < 1.29 is 18.4 Å². The maximum absolute atomic E-state index is 13.3. The second kappa shape index (κ2) is 6.29. The SMILES string of the molecule is COCCNC(=O)c1c(-c2cccc(F)c2)noc1C. The summed E-state index contributed by atoms with van der Waals surface area (Å²) in [5.74, 6) is -0.326. The molecule has 1 aromatic heterocycles. The molecule has 0 aliphatic rings. The van der Waals surface area contributed by atoms with Gasteiger partial charge in [-0.05, 0) is 19.1 Å². The highest BCUT2D eigenvalue weighted by molar-refractivity contribution is 6.00. The zero-order valence-corrected chi connectivity index (χ0v) is 11.3. The number of hydrogen-bond acceptors (Lipinski definition) is 4. The van der Waals surface area contributed by atoms with Crippen LogP contribution < -0.4 is 5.32 Å². The van der Waals surface area contributed by atoms with Crippen molar-refractivity contribution in [2.75, 3.05) is 20.3 Å². The number of carbonyl (C=O) groups excluding carboxylic acids is 1. The first-order valence-electron chi connectivity index (χ1n) is 6.13. The molecule has 0 radical (unpaired) electrons. The van der Waals surface area contributed by atoms with Gasteiger partial charge in [-0.3, -0.25) is 4.79 Å². The van der Waals surface area contributed by atoms with Crippen LogP contribution in [0.3, 0.4) is 0 Å². The first-order chi connectivity index (χ1) is 9.63. The van der Waals surface area contributed by atoms with Crippen LogP contribution in [0.1, 0.15) is 16.1 Å². The van der Waals surface area contributed by atoms with E-state index in [1.54, 1.807) is 26.2 Å². The third-order valence-electron chi connectivity index (χ3n) is 2.78. The number of ether oxygens (including phenoxy) is 1. The topological polar surface area (TPSA) is 64.4 Å². The van der Waals surface area contributed by atoms with Gasteiger partial charge in [0.25, 0.3) is 5.91 Å². The van der Waals surface area contributed by atoms with Crippen molar-refractivity contribution in [3.63, 3.8) is 0 Å². The lowest BCUT2D eigenvalue weighted by molar-refractivity contribution is 0.0936. The molecule has 0 unspecified atom stereocenters. The number of amides is 1. The van der Waals surface area contributed by atoms with Crippen LogP contribution in [0.25, 0.3) is 11.3 Å². The number of nitrogens with zero attached hydrogens (tertiary/aromatic N) is 1. The lowest BCUT2D eigenvalue weighted by atomic mass is 10.1. The molecule has 1 heterocycles. The van der Waals surface area contributed by atoms with Crippen LogP contribution in [0.2, 0.25) is 0 Å². The normalized spacial score (nSPS) is 10.6. The number of nitrogens with one attached hydrogen (secondary N) is 1. The summed E-state index contributed by atoms with van der Waals surface area (Å²) in [6, 6.07) is 5.87. The Hall–Kier alpha value is -2.21. The van der Waals surface area contributed by atoms with Gasteiger partial charge in [-0.1, -0.05) is 17.3 Å². The molecule has 2 rings (SSSR count). The van der Waals surface area contributed by atoms with Gasteiger partial charge in [0, 0.05) is 19.2 Å². The zero-order valence-electron chi connectivity index (χ0n) is 11.3. The van der Waals surface area contributed by atoms with Crippen LogP contribution in [-0.4, -0.2) is 31.3 Å². The number of carbonyl (C=O) groups is 1. The first kappa shape index (κ1) is 14.2. The number of methoxy groups -OCH3 is 1. The minimum absolute atomic E-state index is 0.312. The van der Waals surface area contributed by atoms with E-state index in [4.69, 9.17) is 9.26 Å². The average molecular weight is 278 g/mol. The van der Waals surface area contributed by atoms with Gasteiger partial charge < -0.3 is 14.6 Å². The van der Waals surface area contributed by atoms with Crippen molar-refractivity contribution in [2.45, 2.75) is 6.92 Å². The standard InChI is InChI=1S/C14H15FN2O3/c1-9-12(14(18)16-6-7-19-2)13(17-20-9)10-4-3-5-11(15)8-10/h3-5,8H,6-7H2,1-2H3,(H,16,18). The lowest BCUT2D eigenvalue weighted by Crippen LogP contribution is -2.27. The minimum Gasteiger partial charge on any atom is -0.383 e. The molecule has 1 aromatic carbocycles. The third kappa shape index (κ3) is 3.03. The van der Waals surface area contributed by atoms with Crippen molar-refractivity contribution >= 4 is 5.91 Å². The molecular weight excluding hydrogens is 263 g/mol. The second-order valence-corrected chi connectivity index (χ2v) is 4.22. The summed E-state index contributed by atoms with van der Waals surface area (Å²) in [7, 11) is 1.55. The van der Waals surface area contributed by atoms with Crippen LogP contribution in [-0.2, 0) is 4.74 Å². The molecule has 5 nitrogen and oxygen atoms in total. The molecule has 0 aliphatic heterocycles. The van der Waals surface area contributed by atoms with Crippen LogP contribution in [0.4, 0.5) is 4.39 Å². The highest BCUT2D eigenvalue weighted by atomic mass is 19.1. The van der Waals surface area contributed by atoms with Crippen LogP contribution in [0.15, 0.2) is 28.8 Å². The van der Waals surface area contributed by atoms with Crippen molar-refractivity contribution in [3.8, 4) is 11.3 Å². The number of benzene rings is 1. The minimum atomic E-state index is -0.395. The van der Waals surface area contributed by atoms with Gasteiger partial charge in [-0.15, -0.1) is 0 Å². The largest absolute Gasteiger partial charge is 0.383 e. The van der Waals surface area contributed by atoms with Gasteiger partial charge in [0.05, 0.1) is 6.61 Å². The summed E-state index contributed by atoms with van der Waals surface area (Å²) in [4.78, 5) is 12.1. The Morgan fingerprint density at radius 1 is 1.50 bits per heavy atom. The maximum Gasteiger partial charge on any atom is 0.257 e. The summed E-state index contributed by atoms with van der Waals surface area (Å²) in [6.45, 7) is 2.43. The van der Waals surface area contributed by atoms with Crippen LogP contribution >= 0.6 is 0 Å². The Morgan fingerprint density at radius 3 is 3.00 bits per heavy atom. The Kier molecular flexibility index (Phi) is 4.47. The van der Waals surface area contributed by atoms with Crippen molar-refractivity contribution in [3.05, 3.63) is 41.4 Å². The van der Waals surface area contributed by atoms with Gasteiger partial charge in [-0.2, -0.15) is 0 Å². The van der Waals surface area contributed by atoms with E-state index >= 15 is 0 Å². The molecule has 0 saturated carbocycles. The van der Waals surface area contributed by atoms with Gasteiger partial charge in [0.15, 0.2) is 0 Å². The van der Waals surface area contributed by atoms with E-state index in [1.165, 1.54) is 12.1 Å². The number of halogens is 1. The Balaban J connectivity index is 2.30. The number of aryl methyl sites for hydroxylation is 1. The molecule has 1 N–H and O–H groups in total. The van der Waals surface area contributed by atoms with Gasteiger partial charge >= 0.3 is 0 Å². The number of rotatable bonds is 5. The number of hydrogen-bond donors (Lipinski definition) is 1. The predicted octanol–water partition coefficient (Wildman–Crippen LogP) is 2.17. The Labute approximate surface area is 115 Å². The van der Waals surface area contributed by atoms with Gasteiger partial charge in [0.2, 0.25) is 0 Å². The summed E-state index contributed by atoms with van der Waals surface area (Å²) < 4.78 is 23.2. The number of aromatic nitrogens is 1. The molecule has 0 spiro atoms. The van der Waals surface area contributed by atoms with Gasteiger partial charge in [0.1, 0.15) is 22.8 Å². The molecule has 0 atom stereocenters. The first-order valence-corrected chi connectivity index (χ1v) is 6.13. The summed E-state index contributed by atoms with van der Waals surface area (Å²) >= 11 is 0. The van der Waals surface area contributed by atoms with E-state index in [-0.39, 0.29) is 5.91 Å². The van der Waals surface area contributed by atoms with Crippen molar-refractivity contribution in [1.82, 2.24) is 10.5 Å². The van der Waals surface area contributed by atoms with E-state index in [0.29, 0.717) is 35.7 Å². The third-order valence-corrected chi connectivity index (χ3v) is 2.78. The van der Waals surface area contributed by atoms with E-state index < -0.39 is 5.82 Å². The van der Waals surface area contributed by atoms with Crippen LogP contribution in [0, 0.1) is 12.7 Å². The molecule has 0 bridgehead atoms. The van der Waals surface area contributed by atoms with E-state index in [9.17, 15) is 9.18 Å². The summed E-state index contributed by atoms with van der Waals surface area (Å²) in [5.41, 5.74) is 1.14.